The third kappa shape index (κ3) is 20.6. The van der Waals surface area contributed by atoms with E-state index in [1.807, 2.05) is 117 Å². The molecule has 0 saturated heterocycles. The molecule has 2 aliphatic rings. The van der Waals surface area contributed by atoms with Crippen LogP contribution in [0.2, 0.25) is 0 Å². The first-order valence-corrected chi connectivity index (χ1v) is 28.7. The van der Waals surface area contributed by atoms with Gasteiger partial charge in [-0.2, -0.15) is 0 Å². The SMILES string of the molecule is CC1=CC(O)N(C(CC(C)C)C(=O)N[C@@H](CC(=O)O)c2cccc(-c3c(C)cccc3C)c2)C=C1CCN(C)C.COC(=O)C[C@H](NC(=O)C(CC(C)C)C1C=C(CCN(C)C)C(C)=CC1O)c1cccc(-c2c(C)cccc2C)c1.[Li+].[OH-]. The molecule has 0 radical (unpaired) electrons. The predicted molar refractivity (Wildman–Crippen MR) is 329 cm³/mol. The Hall–Kier alpha value is -6.08. The minimum atomic E-state index is -0.995. The molecule has 4 aromatic rings. The van der Waals surface area contributed by atoms with Crippen LogP contribution in [0.5, 0.6) is 0 Å². The van der Waals surface area contributed by atoms with Crippen molar-refractivity contribution in [2.45, 2.75) is 138 Å². The zero-order valence-electron chi connectivity index (χ0n) is 52.4. The van der Waals surface area contributed by atoms with E-state index in [1.165, 1.54) is 23.8 Å². The first-order valence-electron chi connectivity index (χ1n) is 28.7. The smallest absolute Gasteiger partial charge is 0.870 e. The van der Waals surface area contributed by atoms with Gasteiger partial charge in [-0.25, -0.2) is 0 Å². The van der Waals surface area contributed by atoms with Gasteiger partial charge in [-0.05, 0) is 203 Å². The van der Waals surface area contributed by atoms with Gasteiger partial charge in [0.1, 0.15) is 12.3 Å². The molecule has 2 amide bonds. The molecule has 1 aliphatic carbocycles. The van der Waals surface area contributed by atoms with Crippen molar-refractivity contribution < 1.29 is 63.6 Å². The van der Waals surface area contributed by atoms with E-state index in [0.717, 1.165) is 87.2 Å². The predicted octanol–water partition coefficient (Wildman–Crippen LogP) is 8.43. The topological polar surface area (TPSA) is 202 Å². The Labute approximate surface area is 507 Å². The number of esters is 1. The summed E-state index contributed by atoms with van der Waals surface area (Å²) in [7, 11) is 9.48. The Morgan fingerprint density at radius 1 is 0.614 bits per heavy atom. The molecule has 5 unspecified atom stereocenters. The Kier molecular flexibility index (Phi) is 28.7. The van der Waals surface area contributed by atoms with Crippen molar-refractivity contribution in [3.8, 4) is 22.3 Å². The molecule has 0 saturated carbocycles. The van der Waals surface area contributed by atoms with Gasteiger partial charge in [0.2, 0.25) is 11.8 Å². The van der Waals surface area contributed by atoms with E-state index >= 15 is 0 Å². The van der Waals surface area contributed by atoms with E-state index in [1.54, 1.807) is 11.0 Å². The number of hydrogen-bond donors (Lipinski definition) is 5. The number of aliphatic hydroxyl groups excluding tert-OH is 2. The number of carbonyl (C=O) groups excluding carboxylic acids is 3. The molecular formula is C68H94LiN5O9. The molecule has 1 aliphatic heterocycles. The number of benzene rings is 4. The largest absolute Gasteiger partial charge is 1.00 e. The van der Waals surface area contributed by atoms with Gasteiger partial charge in [0, 0.05) is 31.1 Å². The van der Waals surface area contributed by atoms with Crippen molar-refractivity contribution in [3.63, 3.8) is 0 Å². The molecule has 15 heteroatoms. The van der Waals surface area contributed by atoms with Crippen LogP contribution in [-0.2, 0) is 23.9 Å². The summed E-state index contributed by atoms with van der Waals surface area (Å²) in [4.78, 5) is 58.3. The van der Waals surface area contributed by atoms with Gasteiger partial charge >= 0.3 is 30.8 Å². The number of hydrogen-bond acceptors (Lipinski definition) is 11. The number of aliphatic hydroxyl groups is 2. The van der Waals surface area contributed by atoms with E-state index in [0.29, 0.717) is 12.8 Å². The summed E-state index contributed by atoms with van der Waals surface area (Å²) < 4.78 is 5.02. The van der Waals surface area contributed by atoms with Crippen molar-refractivity contribution in [1.29, 1.82) is 0 Å². The molecule has 0 bridgehead atoms. The molecular weight excluding hydrogens is 1040 g/mol. The number of ether oxygens (including phenoxy) is 1. The summed E-state index contributed by atoms with van der Waals surface area (Å²) in [6.07, 6.45) is 8.53. The van der Waals surface area contributed by atoms with Crippen molar-refractivity contribution in [2.24, 2.45) is 23.7 Å². The van der Waals surface area contributed by atoms with Gasteiger partial charge < -0.3 is 50.9 Å². The van der Waals surface area contributed by atoms with Crippen LogP contribution in [0, 0.1) is 51.4 Å². The Morgan fingerprint density at radius 3 is 1.52 bits per heavy atom. The summed E-state index contributed by atoms with van der Waals surface area (Å²) in [5.41, 5.74) is 14.8. The molecule has 6 N–H and O–H groups in total. The number of carboxylic acid groups (broad SMARTS) is 1. The molecule has 7 atom stereocenters. The van der Waals surface area contributed by atoms with Crippen LogP contribution in [0.1, 0.15) is 126 Å². The number of allylic oxidation sites excluding steroid dienone is 2. The summed E-state index contributed by atoms with van der Waals surface area (Å²) >= 11 is 0. The summed E-state index contributed by atoms with van der Waals surface area (Å²) in [6.45, 7) is 22.3. The molecule has 83 heavy (non-hydrogen) atoms. The second-order valence-corrected chi connectivity index (χ2v) is 23.7. The maximum Gasteiger partial charge on any atom is 1.00 e. The molecule has 6 rings (SSSR count). The average molecular weight is 1130 g/mol. The van der Waals surface area contributed by atoms with Crippen LogP contribution in [0.4, 0.5) is 0 Å². The number of nitrogens with zero attached hydrogens (tertiary/aromatic N) is 3. The van der Waals surface area contributed by atoms with Gasteiger partial charge in [-0.3, -0.25) is 19.2 Å². The van der Waals surface area contributed by atoms with E-state index in [9.17, 15) is 34.5 Å². The van der Waals surface area contributed by atoms with Crippen molar-refractivity contribution >= 4 is 23.8 Å². The Balaban J connectivity index is 0.000000425. The van der Waals surface area contributed by atoms with Crippen molar-refractivity contribution in [2.75, 3.05) is 48.4 Å². The van der Waals surface area contributed by atoms with Crippen LogP contribution in [-0.4, -0.2) is 126 Å². The molecule has 0 spiro atoms. The van der Waals surface area contributed by atoms with Crippen LogP contribution in [0.3, 0.4) is 0 Å². The minimum absolute atomic E-state index is 0. The molecule has 0 fully saturated rings. The van der Waals surface area contributed by atoms with Crippen LogP contribution in [0.15, 0.2) is 132 Å². The fourth-order valence-corrected chi connectivity index (χ4v) is 11.2. The number of rotatable bonds is 24. The van der Waals surface area contributed by atoms with E-state index in [-0.39, 0.29) is 66.7 Å². The normalized spacial score (nSPS) is 17.3. The fourth-order valence-electron chi connectivity index (χ4n) is 11.2. The van der Waals surface area contributed by atoms with Gasteiger partial charge in [0.15, 0.2) is 0 Å². The fraction of sp³-hybridized carbons (Fsp3) is 0.471. The van der Waals surface area contributed by atoms with Gasteiger partial charge in [0.05, 0.1) is 38.1 Å². The van der Waals surface area contributed by atoms with E-state index in [2.05, 4.69) is 104 Å². The first kappa shape index (κ1) is 71.2. The third-order valence-electron chi connectivity index (χ3n) is 15.5. The molecule has 446 valence electrons. The number of carbonyl (C=O) groups is 4. The van der Waals surface area contributed by atoms with E-state index < -0.39 is 48.3 Å². The second kappa shape index (κ2) is 33.4. The number of aryl methyl sites for hydroxylation is 4. The van der Waals surface area contributed by atoms with Crippen LogP contribution in [0.25, 0.3) is 22.3 Å². The monoisotopic (exact) mass is 1130 g/mol. The number of amides is 2. The van der Waals surface area contributed by atoms with E-state index in [4.69, 9.17) is 4.74 Å². The number of methoxy groups -OCH3 is 1. The first-order chi connectivity index (χ1) is 38.3. The van der Waals surface area contributed by atoms with Crippen molar-refractivity contribution in [3.05, 3.63) is 165 Å². The summed E-state index contributed by atoms with van der Waals surface area (Å²) in [5, 5.41) is 38.1. The quantitative estimate of drug-likeness (QED) is 0.0332. The average Bonchev–Trinajstić information content (AvgIpc) is 3.52. The number of carboxylic acids is 1. The van der Waals surface area contributed by atoms with Crippen LogP contribution < -0.4 is 29.5 Å². The van der Waals surface area contributed by atoms with Crippen LogP contribution >= 0.6 is 0 Å². The standard InChI is InChI=1S/C35H48N2O4.C33H45N3O4.Li.H2O/c1-22(2)17-30(29-20-26(15-16-37(6)7)25(5)18-32(29)38)35(40)36-31(21-33(39)41-8)27-13-10-14-28(19-27)34-23(3)11-9-12-24(34)4;1-21(2)16-29(36-20-27(14-15-35(6)7)24(5)17-30(36)37)33(40)34-28(19-31(38)39)25-12-9-13-26(18-25)32-22(3)10-8-11-23(32)4;;/h9-14,18-20,22,29-32,38H,15-17,21H2,1-8H3,(H,36,40);8-13,17-18,20-21,28-30,37H,14-16,19H2,1-7H3,(H,34,40)(H,38,39);;1H2/q;;+1;/p-1/t29?,30?,31-,32?;28-,29?,30?;;/m00../s1. The maximum atomic E-state index is 14.1. The molecule has 4 aromatic carbocycles. The second-order valence-electron chi connectivity index (χ2n) is 23.7. The van der Waals surface area contributed by atoms with Gasteiger partial charge in [-0.15, -0.1) is 0 Å². The molecule has 0 aromatic heterocycles. The zero-order chi connectivity index (χ0) is 59.8. The number of nitrogens with one attached hydrogen (secondary N) is 2. The maximum absolute atomic E-state index is 14.1. The zero-order valence-corrected chi connectivity index (χ0v) is 52.4. The minimum Gasteiger partial charge on any atom is -0.870 e. The summed E-state index contributed by atoms with van der Waals surface area (Å²) in [6, 6.07) is 26.2. The van der Waals surface area contributed by atoms with Gasteiger partial charge in [-0.1, -0.05) is 113 Å². The molecule has 14 nitrogen and oxygen atoms in total. The number of aliphatic carboxylic acids is 1. The summed E-state index contributed by atoms with van der Waals surface area (Å²) in [5.74, 6) is -2.23. The third-order valence-corrected chi connectivity index (χ3v) is 15.5. The van der Waals surface area contributed by atoms with Crippen molar-refractivity contribution in [1.82, 2.24) is 25.3 Å². The van der Waals surface area contributed by atoms with Gasteiger partial charge in [0.25, 0.3) is 0 Å². The Bertz CT molecular complexity index is 2900. The Morgan fingerprint density at radius 2 is 1.06 bits per heavy atom. The molecule has 1 heterocycles.